The number of aliphatic hydroxyl groups excluding tert-OH is 2. The molecule has 316 valence electrons. The molecule has 0 aliphatic heterocycles. The van der Waals surface area contributed by atoms with Gasteiger partial charge in [-0.25, -0.2) is 4.57 Å². The average Bonchev–Trinajstić information content (AvgIpc) is 3.41. The second kappa shape index (κ2) is 30.4. The molecule has 6 N–H and O–H groups in total. The van der Waals surface area contributed by atoms with Crippen LogP contribution in [0.1, 0.15) is 136 Å². The largest absolute Gasteiger partial charge is 0.480 e. The SMILES string of the molecule is CCCC/C=C\CCCCCCCC(=O)O[C@H](COC(=O)CCC/C=C\C[C@H]1C(=O)C[C@@H](O)[C@@H]1/C=C/[C@@H](O)CCCCC)COP(=O)(O)OC[C@H](N)C(=O)O. The molecule has 0 saturated heterocycles. The van der Waals surface area contributed by atoms with Gasteiger partial charge >= 0.3 is 25.7 Å². The number of hydrogen-bond donors (Lipinski definition) is 5. The van der Waals surface area contributed by atoms with Crippen LogP contribution in [-0.4, -0.2) is 88.1 Å². The highest BCUT2D eigenvalue weighted by molar-refractivity contribution is 7.47. The zero-order chi connectivity index (χ0) is 40.9. The number of allylic oxidation sites excluding steroid dienone is 4. The van der Waals surface area contributed by atoms with Crippen LogP contribution in [0.4, 0.5) is 0 Å². The quantitative estimate of drug-likeness (QED) is 0.0203. The Kier molecular flexibility index (Phi) is 27.8. The Morgan fingerprint density at radius 3 is 2.16 bits per heavy atom. The van der Waals surface area contributed by atoms with E-state index in [4.69, 9.17) is 24.8 Å². The Bertz CT molecular complexity index is 1240. The zero-order valence-corrected chi connectivity index (χ0v) is 33.9. The molecule has 0 spiro atoms. The van der Waals surface area contributed by atoms with Crippen LogP contribution in [-0.2, 0) is 42.3 Å². The molecular formula is C40H68NO13P. The van der Waals surface area contributed by atoms with E-state index in [9.17, 15) is 38.8 Å². The average molecular weight is 802 g/mol. The van der Waals surface area contributed by atoms with Crippen molar-refractivity contribution >= 4 is 31.5 Å². The van der Waals surface area contributed by atoms with Crippen molar-refractivity contribution < 1.29 is 62.5 Å². The normalized spacial score (nSPS) is 20.3. The maximum atomic E-state index is 12.6. The fourth-order valence-corrected chi connectivity index (χ4v) is 6.69. The summed E-state index contributed by atoms with van der Waals surface area (Å²) in [7, 11) is -4.78. The number of aliphatic carboxylic acids is 1. The number of aliphatic hydroxyl groups is 2. The van der Waals surface area contributed by atoms with E-state index >= 15 is 0 Å². The molecule has 1 aliphatic rings. The van der Waals surface area contributed by atoms with Crippen LogP contribution in [0.2, 0.25) is 0 Å². The van der Waals surface area contributed by atoms with Crippen molar-refractivity contribution in [3.63, 3.8) is 0 Å². The number of carbonyl (C=O) groups excluding carboxylic acids is 3. The minimum atomic E-state index is -4.78. The van der Waals surface area contributed by atoms with Crippen molar-refractivity contribution in [1.82, 2.24) is 0 Å². The molecule has 1 aliphatic carbocycles. The third-order valence-electron chi connectivity index (χ3n) is 9.23. The monoisotopic (exact) mass is 801 g/mol. The van der Waals surface area contributed by atoms with Gasteiger partial charge < -0.3 is 35.4 Å². The summed E-state index contributed by atoms with van der Waals surface area (Å²) in [5.41, 5.74) is 5.31. The van der Waals surface area contributed by atoms with Gasteiger partial charge in [-0.15, -0.1) is 0 Å². The van der Waals surface area contributed by atoms with E-state index < -0.39 is 75.8 Å². The Morgan fingerprint density at radius 1 is 0.836 bits per heavy atom. The second-order valence-corrected chi connectivity index (χ2v) is 15.6. The number of ketones is 1. The van der Waals surface area contributed by atoms with Crippen molar-refractivity contribution in [3.05, 3.63) is 36.5 Å². The molecule has 14 nitrogen and oxygen atoms in total. The van der Waals surface area contributed by atoms with Crippen LogP contribution < -0.4 is 5.73 Å². The van der Waals surface area contributed by atoms with E-state index in [1.54, 1.807) is 12.2 Å². The van der Waals surface area contributed by atoms with Gasteiger partial charge in [-0.05, 0) is 51.4 Å². The number of ether oxygens (including phenoxy) is 2. The van der Waals surface area contributed by atoms with Crippen molar-refractivity contribution in [3.8, 4) is 0 Å². The van der Waals surface area contributed by atoms with E-state index in [1.165, 1.54) is 12.8 Å². The molecule has 0 aromatic rings. The summed E-state index contributed by atoms with van der Waals surface area (Å²) in [5, 5.41) is 29.5. The Balaban J connectivity index is 2.56. The molecular weight excluding hydrogens is 733 g/mol. The van der Waals surface area contributed by atoms with E-state index in [0.717, 1.165) is 57.8 Å². The van der Waals surface area contributed by atoms with Crippen LogP contribution in [0, 0.1) is 11.8 Å². The number of hydrogen-bond acceptors (Lipinski definition) is 12. The van der Waals surface area contributed by atoms with E-state index in [1.807, 2.05) is 12.2 Å². The predicted octanol–water partition coefficient (Wildman–Crippen LogP) is 6.64. The third kappa shape index (κ3) is 25.2. The molecule has 7 atom stereocenters. The number of nitrogens with two attached hydrogens (primary N) is 1. The first-order valence-corrected chi connectivity index (χ1v) is 21.6. The van der Waals surface area contributed by atoms with Gasteiger partial charge in [-0.2, -0.15) is 0 Å². The van der Waals surface area contributed by atoms with Gasteiger partial charge in [-0.1, -0.05) is 102 Å². The number of carboxylic acids is 1. The van der Waals surface area contributed by atoms with Gasteiger partial charge in [0, 0.05) is 31.1 Å². The number of carboxylic acid groups (broad SMARTS) is 1. The summed E-state index contributed by atoms with van der Waals surface area (Å²) in [6, 6.07) is -1.56. The molecule has 15 heteroatoms. The lowest BCUT2D eigenvalue weighted by molar-refractivity contribution is -0.161. The van der Waals surface area contributed by atoms with E-state index in [0.29, 0.717) is 32.1 Å². The van der Waals surface area contributed by atoms with Gasteiger partial charge in [0.15, 0.2) is 6.10 Å². The number of phosphoric acid groups is 1. The molecule has 1 fully saturated rings. The molecule has 1 rings (SSSR count). The van der Waals surface area contributed by atoms with Gasteiger partial charge in [0.1, 0.15) is 18.4 Å². The molecule has 55 heavy (non-hydrogen) atoms. The zero-order valence-electron chi connectivity index (χ0n) is 33.0. The summed E-state index contributed by atoms with van der Waals surface area (Å²) in [5.74, 6) is -3.42. The van der Waals surface area contributed by atoms with Crippen LogP contribution >= 0.6 is 7.82 Å². The number of esters is 2. The predicted molar refractivity (Wildman–Crippen MR) is 209 cm³/mol. The van der Waals surface area contributed by atoms with Crippen molar-refractivity contribution in [2.75, 3.05) is 19.8 Å². The van der Waals surface area contributed by atoms with Gasteiger partial charge in [0.25, 0.3) is 0 Å². The van der Waals surface area contributed by atoms with Crippen LogP contribution in [0.5, 0.6) is 0 Å². The number of unbranched alkanes of at least 4 members (excludes halogenated alkanes) is 10. The number of Topliss-reactive ketones (excluding diaryl/α,β-unsaturated/α-hetero) is 1. The van der Waals surface area contributed by atoms with Gasteiger partial charge in [0.05, 0.1) is 25.4 Å². The number of phosphoric ester groups is 1. The minimum absolute atomic E-state index is 0.0252. The Hall–Kier alpha value is -2.71. The lowest BCUT2D eigenvalue weighted by Gasteiger charge is -2.20. The summed E-state index contributed by atoms with van der Waals surface area (Å²) in [4.78, 5) is 58.5. The second-order valence-electron chi connectivity index (χ2n) is 14.2. The molecule has 0 bridgehead atoms. The van der Waals surface area contributed by atoms with Crippen LogP contribution in [0.25, 0.3) is 0 Å². The number of rotatable bonds is 33. The van der Waals surface area contributed by atoms with Crippen molar-refractivity contribution in [2.24, 2.45) is 17.6 Å². The first kappa shape index (κ1) is 50.3. The van der Waals surface area contributed by atoms with E-state index in [2.05, 4.69) is 30.5 Å². The maximum Gasteiger partial charge on any atom is 0.472 e. The fourth-order valence-electron chi connectivity index (χ4n) is 5.91. The van der Waals surface area contributed by atoms with Gasteiger partial charge in [-0.3, -0.25) is 28.2 Å². The van der Waals surface area contributed by atoms with Crippen molar-refractivity contribution in [2.45, 2.75) is 160 Å². The van der Waals surface area contributed by atoms with Crippen molar-refractivity contribution in [1.29, 1.82) is 0 Å². The molecule has 1 saturated carbocycles. The Morgan fingerprint density at radius 2 is 1.45 bits per heavy atom. The number of carbonyl (C=O) groups is 4. The summed E-state index contributed by atoms with van der Waals surface area (Å²) >= 11 is 0. The van der Waals surface area contributed by atoms with Crippen LogP contribution in [0.15, 0.2) is 36.5 Å². The summed E-state index contributed by atoms with van der Waals surface area (Å²) in [6.07, 6.45) is 23.1. The van der Waals surface area contributed by atoms with Crippen LogP contribution in [0.3, 0.4) is 0 Å². The highest BCUT2D eigenvalue weighted by atomic mass is 31.2. The smallest absolute Gasteiger partial charge is 0.472 e. The molecule has 0 amide bonds. The third-order valence-corrected chi connectivity index (χ3v) is 10.2. The Labute approximate surface area is 327 Å². The topological polar surface area (TPSA) is 229 Å². The maximum absolute atomic E-state index is 12.6. The standard InChI is InChI=1S/C40H68NO13P/c1-3-5-7-8-9-10-11-12-13-14-20-24-39(46)54-32(29-52-55(49,50)53-30-35(41)40(47)48)28-51-38(45)23-19-16-15-18-22-33-34(37(44)27-36(33)43)26-25-31(42)21-17-6-4-2/h8-9,15,18,25-26,31-35,37,42,44H,3-7,10-14,16-17,19-24,27-30,41H2,1-2H3,(H,47,48)(H,49,50)/b9-8-,18-15-,26-25+/t31-,32+,33+,34+,35-,37+/m0/s1. The molecule has 0 heterocycles. The highest BCUT2D eigenvalue weighted by Crippen LogP contribution is 2.43. The molecule has 0 radical (unpaired) electrons. The van der Waals surface area contributed by atoms with E-state index in [-0.39, 0.29) is 31.0 Å². The fraction of sp³-hybridized carbons (Fsp3) is 0.750. The summed E-state index contributed by atoms with van der Waals surface area (Å²) < 4.78 is 32.5. The first-order valence-electron chi connectivity index (χ1n) is 20.1. The highest BCUT2D eigenvalue weighted by Gasteiger charge is 2.39. The minimum Gasteiger partial charge on any atom is -0.480 e. The lowest BCUT2D eigenvalue weighted by Crippen LogP contribution is -2.34. The first-order chi connectivity index (χ1) is 26.3. The molecule has 0 aromatic carbocycles. The molecule has 0 aromatic heterocycles. The molecule has 1 unspecified atom stereocenters. The van der Waals surface area contributed by atoms with Gasteiger partial charge in [0.2, 0.25) is 0 Å². The summed E-state index contributed by atoms with van der Waals surface area (Å²) in [6.45, 7) is 2.35. The lowest BCUT2D eigenvalue weighted by atomic mass is 9.90.